The molecule has 2 atom stereocenters. The molecule has 14 heavy (non-hydrogen) atoms. The molecule has 3 nitrogen and oxygen atoms in total. The zero-order chi connectivity index (χ0) is 10.8. The van der Waals surface area contributed by atoms with Gasteiger partial charge >= 0.3 is 5.97 Å². The fourth-order valence-electron chi connectivity index (χ4n) is 1.87. The molecule has 0 saturated carbocycles. The molecule has 0 spiro atoms. The summed E-state index contributed by atoms with van der Waals surface area (Å²) in [6, 6.07) is 0. The molecule has 0 bridgehead atoms. The van der Waals surface area contributed by atoms with Gasteiger partial charge in [0.05, 0.1) is 0 Å². The Balaban J connectivity index is 2.66. The molecule has 0 radical (unpaired) electrons. The first-order valence-corrected chi connectivity index (χ1v) is 6.10. The van der Waals surface area contributed by atoms with Gasteiger partial charge in [0.1, 0.15) is 0 Å². The lowest BCUT2D eigenvalue weighted by molar-refractivity contribution is -0.155. The fraction of sp³-hybridized carbons (Fsp3) is 0.900. The van der Waals surface area contributed by atoms with E-state index in [4.69, 9.17) is 5.11 Å². The normalized spacial score (nSPS) is 25.8. The van der Waals surface area contributed by atoms with Gasteiger partial charge in [-0.05, 0) is 30.3 Å². The van der Waals surface area contributed by atoms with Crippen LogP contribution in [-0.4, -0.2) is 33.8 Å². The van der Waals surface area contributed by atoms with Crippen LogP contribution in [0.25, 0.3) is 0 Å². The van der Waals surface area contributed by atoms with Crippen LogP contribution in [0.15, 0.2) is 0 Å². The summed E-state index contributed by atoms with van der Waals surface area (Å²) in [4.78, 5) is 10.7. The Hall–Kier alpha value is -0.220. The van der Waals surface area contributed by atoms with Crippen LogP contribution in [0.4, 0.5) is 0 Å². The minimum atomic E-state index is -1.24. The lowest BCUT2D eigenvalue weighted by Crippen LogP contribution is -2.43. The molecule has 1 fully saturated rings. The first-order chi connectivity index (χ1) is 6.46. The SMILES string of the molecule is CC(C)(C1CCCSC1)C(O)C(=O)O. The number of carboxylic acids is 1. The largest absolute Gasteiger partial charge is 0.479 e. The molecule has 2 N–H and O–H groups in total. The number of rotatable bonds is 3. The topological polar surface area (TPSA) is 57.5 Å². The van der Waals surface area contributed by atoms with Crippen LogP contribution in [0, 0.1) is 11.3 Å². The summed E-state index contributed by atoms with van der Waals surface area (Å²) in [6.07, 6.45) is 0.918. The number of carboxylic acid groups (broad SMARTS) is 1. The Morgan fingerprint density at radius 2 is 2.21 bits per heavy atom. The Bertz CT molecular complexity index is 209. The molecule has 0 aromatic rings. The number of hydrogen-bond donors (Lipinski definition) is 2. The van der Waals surface area contributed by atoms with E-state index in [1.165, 1.54) is 0 Å². The Kier molecular flexibility index (Phi) is 3.84. The van der Waals surface area contributed by atoms with Gasteiger partial charge in [-0.2, -0.15) is 11.8 Å². The van der Waals surface area contributed by atoms with E-state index in [0.717, 1.165) is 24.3 Å². The van der Waals surface area contributed by atoms with Crippen molar-refractivity contribution in [3.8, 4) is 0 Å². The molecular weight excluding hydrogens is 200 g/mol. The highest BCUT2D eigenvalue weighted by Gasteiger charge is 2.40. The van der Waals surface area contributed by atoms with Crippen LogP contribution in [0.2, 0.25) is 0 Å². The second-order valence-corrected chi connectivity index (χ2v) is 5.63. The molecule has 1 heterocycles. The predicted octanol–water partition coefficient (Wildman–Crippen LogP) is 1.60. The molecule has 82 valence electrons. The molecule has 0 aliphatic carbocycles. The van der Waals surface area contributed by atoms with E-state index < -0.39 is 17.5 Å². The average Bonchev–Trinajstić information content (AvgIpc) is 2.18. The second kappa shape index (κ2) is 4.53. The maximum absolute atomic E-state index is 10.7. The van der Waals surface area contributed by atoms with Gasteiger partial charge in [0.15, 0.2) is 6.10 Å². The Morgan fingerprint density at radius 1 is 1.57 bits per heavy atom. The van der Waals surface area contributed by atoms with E-state index in [1.54, 1.807) is 0 Å². The maximum atomic E-state index is 10.7. The summed E-state index contributed by atoms with van der Waals surface area (Å²) in [6.45, 7) is 3.70. The van der Waals surface area contributed by atoms with Crippen molar-refractivity contribution in [1.29, 1.82) is 0 Å². The van der Waals surface area contributed by atoms with Crippen LogP contribution >= 0.6 is 11.8 Å². The summed E-state index contributed by atoms with van der Waals surface area (Å²) in [5.74, 6) is 1.34. The smallest absolute Gasteiger partial charge is 0.333 e. The fourth-order valence-corrected chi connectivity index (χ4v) is 3.29. The zero-order valence-corrected chi connectivity index (χ0v) is 9.51. The summed E-state index contributed by atoms with van der Waals surface area (Å²) in [5.41, 5.74) is -0.515. The van der Waals surface area contributed by atoms with Crippen molar-refractivity contribution < 1.29 is 15.0 Å². The van der Waals surface area contributed by atoms with E-state index in [9.17, 15) is 9.90 Å². The summed E-state index contributed by atoms with van der Waals surface area (Å²) < 4.78 is 0. The minimum Gasteiger partial charge on any atom is -0.479 e. The van der Waals surface area contributed by atoms with Gasteiger partial charge in [-0.15, -0.1) is 0 Å². The van der Waals surface area contributed by atoms with Gasteiger partial charge in [-0.3, -0.25) is 0 Å². The third-order valence-corrected chi connectivity index (χ3v) is 4.37. The molecule has 1 aliphatic rings. The molecule has 2 unspecified atom stereocenters. The van der Waals surface area contributed by atoms with Gasteiger partial charge in [0.2, 0.25) is 0 Å². The number of aliphatic hydroxyl groups excluding tert-OH is 1. The number of hydrogen-bond acceptors (Lipinski definition) is 3. The molecule has 0 aromatic heterocycles. The van der Waals surface area contributed by atoms with E-state index >= 15 is 0 Å². The molecule has 1 saturated heterocycles. The maximum Gasteiger partial charge on any atom is 0.333 e. The zero-order valence-electron chi connectivity index (χ0n) is 8.69. The summed E-state index contributed by atoms with van der Waals surface area (Å²) in [5, 5.41) is 18.4. The standard InChI is InChI=1S/C10H18O3S/c1-10(2,8(11)9(12)13)7-4-3-5-14-6-7/h7-8,11H,3-6H2,1-2H3,(H,12,13). The van der Waals surface area contributed by atoms with E-state index in [1.807, 2.05) is 25.6 Å². The van der Waals surface area contributed by atoms with Crippen LogP contribution in [-0.2, 0) is 4.79 Å². The lowest BCUT2D eigenvalue weighted by Gasteiger charge is -2.38. The van der Waals surface area contributed by atoms with Crippen molar-refractivity contribution >= 4 is 17.7 Å². The van der Waals surface area contributed by atoms with Crippen molar-refractivity contribution in [3.05, 3.63) is 0 Å². The first-order valence-electron chi connectivity index (χ1n) is 4.95. The van der Waals surface area contributed by atoms with Crippen molar-refractivity contribution in [1.82, 2.24) is 0 Å². The van der Waals surface area contributed by atoms with E-state index in [0.29, 0.717) is 5.92 Å². The van der Waals surface area contributed by atoms with E-state index in [2.05, 4.69) is 0 Å². The molecule has 1 aliphatic heterocycles. The van der Waals surface area contributed by atoms with E-state index in [-0.39, 0.29) is 0 Å². The Morgan fingerprint density at radius 3 is 2.64 bits per heavy atom. The van der Waals surface area contributed by atoms with Gasteiger partial charge in [0.25, 0.3) is 0 Å². The minimum absolute atomic E-state index is 0.312. The van der Waals surface area contributed by atoms with Crippen molar-refractivity contribution in [2.45, 2.75) is 32.8 Å². The van der Waals surface area contributed by atoms with Crippen LogP contribution in [0.5, 0.6) is 0 Å². The monoisotopic (exact) mass is 218 g/mol. The molecule has 4 heteroatoms. The number of aliphatic hydroxyl groups is 1. The summed E-state index contributed by atoms with van der Waals surface area (Å²) in [7, 11) is 0. The third-order valence-electron chi connectivity index (χ3n) is 3.15. The highest BCUT2D eigenvalue weighted by Crippen LogP contribution is 2.39. The average molecular weight is 218 g/mol. The van der Waals surface area contributed by atoms with Crippen molar-refractivity contribution in [2.24, 2.45) is 11.3 Å². The second-order valence-electron chi connectivity index (χ2n) is 4.48. The number of thioether (sulfide) groups is 1. The Labute approximate surface area is 88.9 Å². The summed E-state index contributed by atoms with van der Waals surface area (Å²) >= 11 is 1.85. The number of carbonyl (C=O) groups is 1. The number of aliphatic carboxylic acids is 1. The van der Waals surface area contributed by atoms with Crippen molar-refractivity contribution in [3.63, 3.8) is 0 Å². The van der Waals surface area contributed by atoms with Crippen molar-refractivity contribution in [2.75, 3.05) is 11.5 Å². The molecule has 0 aromatic carbocycles. The molecule has 1 rings (SSSR count). The lowest BCUT2D eigenvalue weighted by atomic mass is 9.73. The quantitative estimate of drug-likeness (QED) is 0.755. The highest BCUT2D eigenvalue weighted by atomic mass is 32.2. The van der Waals surface area contributed by atoms with Crippen LogP contribution in [0.1, 0.15) is 26.7 Å². The first kappa shape index (κ1) is 11.9. The predicted molar refractivity (Wildman–Crippen MR) is 57.5 cm³/mol. The van der Waals surface area contributed by atoms with Gasteiger partial charge in [-0.1, -0.05) is 13.8 Å². The molecular formula is C10H18O3S. The van der Waals surface area contributed by atoms with Crippen LogP contribution in [0.3, 0.4) is 0 Å². The van der Waals surface area contributed by atoms with Gasteiger partial charge in [0, 0.05) is 5.41 Å². The van der Waals surface area contributed by atoms with Gasteiger partial charge < -0.3 is 10.2 Å². The van der Waals surface area contributed by atoms with Gasteiger partial charge in [-0.25, -0.2) is 4.79 Å². The third kappa shape index (κ3) is 2.42. The van der Waals surface area contributed by atoms with Crippen LogP contribution < -0.4 is 0 Å². The highest BCUT2D eigenvalue weighted by molar-refractivity contribution is 7.99. The molecule has 0 amide bonds.